The van der Waals surface area contributed by atoms with Crippen molar-refractivity contribution in [1.82, 2.24) is 20.7 Å². The van der Waals surface area contributed by atoms with E-state index in [-0.39, 0.29) is 18.2 Å². The van der Waals surface area contributed by atoms with Crippen molar-refractivity contribution in [1.29, 1.82) is 0 Å². The van der Waals surface area contributed by atoms with Crippen LogP contribution in [-0.2, 0) is 14.4 Å². The third kappa shape index (κ3) is 3.11. The summed E-state index contributed by atoms with van der Waals surface area (Å²) >= 11 is 0. The highest BCUT2D eigenvalue weighted by atomic mass is 16.2. The van der Waals surface area contributed by atoms with Crippen molar-refractivity contribution in [3.05, 3.63) is 29.8 Å². The van der Waals surface area contributed by atoms with Crippen LogP contribution < -0.4 is 15.6 Å². The standard InChI is InChI=1S/C23H27N5O5/c1-14-7-11-23(12-8-14)20(32)28(21(33)24-23)25-17(29)13-26-19(31)15-5-3-4-6-16(15)27-18(30)9-10-22(26,27)2/h3-6,14H,7-13H2,1-2H3,(H,24,33)(H,25,29). The van der Waals surface area contributed by atoms with Crippen LogP contribution in [0.25, 0.3) is 0 Å². The molecule has 5 rings (SSSR count). The molecule has 2 saturated heterocycles. The number of hydrazine groups is 1. The highest BCUT2D eigenvalue weighted by molar-refractivity contribution is 6.11. The molecular formula is C23H27N5O5. The number of fused-ring (bicyclic) bond motifs is 3. The number of hydrogen-bond acceptors (Lipinski definition) is 5. The third-order valence-electron chi connectivity index (χ3n) is 7.57. The molecule has 4 aliphatic rings. The SMILES string of the molecule is CC1CCC2(CC1)NC(=O)N(NC(=O)CN1C(=O)c3ccccc3N3C(=O)CCC13C)C2=O. The monoisotopic (exact) mass is 453 g/mol. The van der Waals surface area contributed by atoms with Crippen LogP contribution in [-0.4, -0.2) is 57.3 Å². The number of urea groups is 1. The van der Waals surface area contributed by atoms with E-state index in [0.29, 0.717) is 36.4 Å². The molecule has 33 heavy (non-hydrogen) atoms. The average molecular weight is 453 g/mol. The zero-order valence-corrected chi connectivity index (χ0v) is 18.7. The molecule has 0 radical (unpaired) electrons. The number of amides is 6. The molecule has 6 amide bonds. The first kappa shape index (κ1) is 21.4. The molecule has 2 N–H and O–H groups in total. The molecule has 1 atom stereocenters. The molecule has 1 saturated carbocycles. The number of nitrogens with zero attached hydrogens (tertiary/aromatic N) is 3. The van der Waals surface area contributed by atoms with Gasteiger partial charge in [0.1, 0.15) is 17.7 Å². The summed E-state index contributed by atoms with van der Waals surface area (Å²) in [5.74, 6) is -1.15. The van der Waals surface area contributed by atoms with E-state index in [1.807, 2.05) is 0 Å². The van der Waals surface area contributed by atoms with Crippen LogP contribution in [0.5, 0.6) is 0 Å². The number of hydrogen-bond donors (Lipinski definition) is 2. The normalized spacial score (nSPS) is 31.1. The Hall–Kier alpha value is -3.43. The summed E-state index contributed by atoms with van der Waals surface area (Å²) in [5, 5.41) is 3.50. The maximum atomic E-state index is 13.3. The molecule has 174 valence electrons. The molecule has 10 heteroatoms. The number of imide groups is 1. The smallest absolute Gasteiger partial charge is 0.322 e. The van der Waals surface area contributed by atoms with Gasteiger partial charge in [-0.3, -0.25) is 29.5 Å². The lowest BCUT2D eigenvalue weighted by Gasteiger charge is -2.48. The number of rotatable bonds is 3. The Morgan fingerprint density at radius 3 is 2.55 bits per heavy atom. The van der Waals surface area contributed by atoms with E-state index in [1.54, 1.807) is 36.1 Å². The molecule has 3 aliphatic heterocycles. The lowest BCUT2D eigenvalue weighted by atomic mass is 9.77. The van der Waals surface area contributed by atoms with Crippen LogP contribution in [0.2, 0.25) is 0 Å². The predicted octanol–water partition coefficient (Wildman–Crippen LogP) is 1.52. The zero-order valence-electron chi connectivity index (χ0n) is 18.7. The summed E-state index contributed by atoms with van der Waals surface area (Å²) in [6.45, 7) is 3.47. The maximum Gasteiger partial charge on any atom is 0.344 e. The van der Waals surface area contributed by atoms with E-state index in [0.717, 1.165) is 17.9 Å². The van der Waals surface area contributed by atoms with E-state index in [9.17, 15) is 24.0 Å². The lowest BCUT2D eigenvalue weighted by molar-refractivity contribution is -0.140. The summed E-state index contributed by atoms with van der Waals surface area (Å²) in [7, 11) is 0. The summed E-state index contributed by atoms with van der Waals surface area (Å²) in [6.07, 6.45) is 3.33. The minimum atomic E-state index is -1.00. The Kier molecular flexibility index (Phi) is 4.73. The van der Waals surface area contributed by atoms with Crippen molar-refractivity contribution >= 4 is 35.3 Å². The predicted molar refractivity (Wildman–Crippen MR) is 116 cm³/mol. The van der Waals surface area contributed by atoms with Crippen LogP contribution in [0.1, 0.15) is 62.7 Å². The molecular weight excluding hydrogens is 426 g/mol. The van der Waals surface area contributed by atoms with Gasteiger partial charge < -0.3 is 10.2 Å². The van der Waals surface area contributed by atoms with E-state index in [4.69, 9.17) is 0 Å². The number of para-hydroxylation sites is 1. The highest BCUT2D eigenvalue weighted by Gasteiger charge is 2.55. The number of carbonyl (C=O) groups excluding carboxylic acids is 5. The van der Waals surface area contributed by atoms with Gasteiger partial charge in [0.15, 0.2) is 0 Å². The van der Waals surface area contributed by atoms with Crippen LogP contribution in [0.3, 0.4) is 0 Å². The van der Waals surface area contributed by atoms with Crippen molar-refractivity contribution in [2.45, 2.75) is 63.6 Å². The fraction of sp³-hybridized carbons (Fsp3) is 0.522. The van der Waals surface area contributed by atoms with Gasteiger partial charge in [0.25, 0.3) is 17.7 Å². The van der Waals surface area contributed by atoms with Crippen molar-refractivity contribution in [3.63, 3.8) is 0 Å². The van der Waals surface area contributed by atoms with Crippen molar-refractivity contribution in [2.24, 2.45) is 5.92 Å². The third-order valence-corrected chi connectivity index (χ3v) is 7.57. The summed E-state index contributed by atoms with van der Waals surface area (Å²) in [4.78, 5) is 67.4. The molecule has 0 aromatic heterocycles. The Labute approximate surface area is 191 Å². The summed E-state index contributed by atoms with van der Waals surface area (Å²) < 4.78 is 0. The number of carbonyl (C=O) groups is 5. The number of nitrogens with one attached hydrogen (secondary N) is 2. The average Bonchev–Trinajstić information content (AvgIpc) is 3.22. The second kappa shape index (κ2) is 7.29. The fourth-order valence-corrected chi connectivity index (χ4v) is 5.56. The molecule has 1 unspecified atom stereocenters. The Bertz CT molecular complexity index is 1080. The van der Waals surface area contributed by atoms with Crippen LogP contribution in [0, 0.1) is 5.92 Å². The minimum absolute atomic E-state index is 0.120. The van der Waals surface area contributed by atoms with Crippen molar-refractivity contribution in [2.75, 3.05) is 11.4 Å². The number of anilines is 1. The molecule has 3 heterocycles. The fourth-order valence-electron chi connectivity index (χ4n) is 5.56. The first-order chi connectivity index (χ1) is 15.7. The molecule has 1 aromatic rings. The summed E-state index contributed by atoms with van der Waals surface area (Å²) in [6, 6.07) is 6.15. The highest BCUT2D eigenvalue weighted by Crippen LogP contribution is 2.44. The van der Waals surface area contributed by atoms with E-state index >= 15 is 0 Å². The second-order valence-corrected chi connectivity index (χ2v) is 9.72. The van der Waals surface area contributed by atoms with E-state index in [2.05, 4.69) is 17.7 Å². The van der Waals surface area contributed by atoms with Gasteiger partial charge in [0.2, 0.25) is 5.91 Å². The van der Waals surface area contributed by atoms with Crippen molar-refractivity contribution < 1.29 is 24.0 Å². The summed E-state index contributed by atoms with van der Waals surface area (Å²) in [5.41, 5.74) is 1.29. The Morgan fingerprint density at radius 2 is 1.82 bits per heavy atom. The molecule has 1 spiro atoms. The Morgan fingerprint density at radius 1 is 1.12 bits per heavy atom. The maximum absolute atomic E-state index is 13.3. The topological polar surface area (TPSA) is 119 Å². The second-order valence-electron chi connectivity index (χ2n) is 9.72. The van der Waals surface area contributed by atoms with Crippen LogP contribution in [0.4, 0.5) is 10.5 Å². The zero-order chi connectivity index (χ0) is 23.5. The molecule has 10 nitrogen and oxygen atoms in total. The van der Waals surface area contributed by atoms with E-state index < -0.39 is 35.6 Å². The lowest BCUT2D eigenvalue weighted by Crippen LogP contribution is -2.64. The van der Waals surface area contributed by atoms with Gasteiger partial charge in [-0.15, -0.1) is 0 Å². The first-order valence-electron chi connectivity index (χ1n) is 11.4. The molecule has 3 fully saturated rings. The molecule has 0 bridgehead atoms. The molecule has 1 aromatic carbocycles. The van der Waals surface area contributed by atoms with Crippen LogP contribution in [0.15, 0.2) is 24.3 Å². The quantitative estimate of drug-likeness (QED) is 0.673. The van der Waals surface area contributed by atoms with Crippen molar-refractivity contribution in [3.8, 4) is 0 Å². The van der Waals surface area contributed by atoms with Gasteiger partial charge in [0, 0.05) is 6.42 Å². The molecule has 1 aliphatic carbocycles. The van der Waals surface area contributed by atoms with Gasteiger partial charge >= 0.3 is 6.03 Å². The number of benzene rings is 1. The first-order valence-corrected chi connectivity index (χ1v) is 11.4. The van der Waals surface area contributed by atoms with Gasteiger partial charge in [0.05, 0.1) is 11.3 Å². The van der Waals surface area contributed by atoms with Crippen LogP contribution >= 0.6 is 0 Å². The van der Waals surface area contributed by atoms with Gasteiger partial charge in [-0.25, -0.2) is 4.79 Å². The minimum Gasteiger partial charge on any atom is -0.322 e. The van der Waals surface area contributed by atoms with E-state index in [1.165, 1.54) is 4.90 Å². The van der Waals surface area contributed by atoms with Gasteiger partial charge in [-0.05, 0) is 57.1 Å². The van der Waals surface area contributed by atoms with Gasteiger partial charge in [-0.1, -0.05) is 19.1 Å². The largest absolute Gasteiger partial charge is 0.344 e. The Balaban J connectivity index is 1.36. The van der Waals surface area contributed by atoms with Gasteiger partial charge in [-0.2, -0.15) is 5.01 Å².